The molecule has 3 aliphatic rings. The van der Waals surface area contributed by atoms with E-state index in [1.165, 1.54) is 45.6 Å². The van der Waals surface area contributed by atoms with Crippen LogP contribution in [0.4, 0.5) is 9.59 Å². The highest BCUT2D eigenvalue weighted by molar-refractivity contribution is 5.74. The minimum atomic E-state index is -0.437. The molecular formula is C27H48N4O4. The van der Waals surface area contributed by atoms with Gasteiger partial charge in [-0.3, -0.25) is 0 Å². The van der Waals surface area contributed by atoms with Crippen molar-refractivity contribution in [3.05, 3.63) is 12.2 Å². The summed E-state index contributed by atoms with van der Waals surface area (Å²) in [6, 6.07) is 0.241. The zero-order valence-electron chi connectivity index (χ0n) is 21.9. The van der Waals surface area contributed by atoms with Crippen LogP contribution >= 0.6 is 0 Å². The molecule has 0 aromatic carbocycles. The molecule has 2 fully saturated rings. The smallest absolute Gasteiger partial charge is 0.406 e. The average molecular weight is 493 g/mol. The lowest BCUT2D eigenvalue weighted by atomic mass is 9.81. The molecule has 1 saturated heterocycles. The van der Waals surface area contributed by atoms with Crippen molar-refractivity contribution in [2.75, 3.05) is 46.9 Å². The van der Waals surface area contributed by atoms with Gasteiger partial charge in [0, 0.05) is 44.1 Å². The number of allylic oxidation sites excluding steroid dienone is 1. The zero-order chi connectivity index (χ0) is 24.9. The largest absolute Gasteiger partial charge is 0.453 e. The minimum absolute atomic E-state index is 0.0527. The lowest BCUT2D eigenvalue weighted by Crippen LogP contribution is -2.53. The molecule has 3 N–H and O–H groups in total. The maximum absolute atomic E-state index is 13.3. The fourth-order valence-electron chi connectivity index (χ4n) is 6.14. The van der Waals surface area contributed by atoms with Crippen LogP contribution in [0, 0.1) is 17.8 Å². The molecule has 4 atom stereocenters. The number of urea groups is 1. The van der Waals surface area contributed by atoms with Crippen molar-refractivity contribution in [3.8, 4) is 0 Å². The third kappa shape index (κ3) is 9.30. The van der Waals surface area contributed by atoms with Crippen LogP contribution in [-0.2, 0) is 9.47 Å². The Morgan fingerprint density at radius 1 is 1.09 bits per heavy atom. The highest BCUT2D eigenvalue weighted by Crippen LogP contribution is 2.32. The molecule has 35 heavy (non-hydrogen) atoms. The summed E-state index contributed by atoms with van der Waals surface area (Å²) in [4.78, 5) is 26.7. The van der Waals surface area contributed by atoms with Gasteiger partial charge in [-0.15, -0.1) is 0 Å². The molecule has 1 saturated carbocycles. The zero-order valence-corrected chi connectivity index (χ0v) is 21.9. The summed E-state index contributed by atoms with van der Waals surface area (Å²) >= 11 is 0. The van der Waals surface area contributed by atoms with Gasteiger partial charge in [-0.1, -0.05) is 44.3 Å². The van der Waals surface area contributed by atoms with E-state index in [0.29, 0.717) is 25.0 Å². The summed E-state index contributed by atoms with van der Waals surface area (Å²) < 4.78 is 11.0. The van der Waals surface area contributed by atoms with Crippen LogP contribution < -0.4 is 16.0 Å². The highest BCUT2D eigenvalue weighted by Gasteiger charge is 2.35. The molecule has 3 rings (SSSR count). The van der Waals surface area contributed by atoms with Gasteiger partial charge in [0.1, 0.15) is 0 Å². The molecule has 2 aliphatic carbocycles. The number of carbonyl (C=O) groups excluding carboxylic acids is 2. The van der Waals surface area contributed by atoms with E-state index in [2.05, 4.69) is 32.8 Å². The summed E-state index contributed by atoms with van der Waals surface area (Å²) in [5, 5.41) is 9.33. The van der Waals surface area contributed by atoms with Crippen molar-refractivity contribution >= 4 is 12.1 Å². The standard InChI is InChI=1S/C27H48N4O4/c1-28-19-24(18-21-10-5-3-6-11-21)30-26(32)31-16-9-14-23(20-31)25(22-12-7-4-8-13-22)35-17-15-29-27(33)34-2/h7,12,21-25,28H,3-6,8-11,13-20H2,1-2H3,(H,29,33)(H,30,32)/t22?,23-,24+,25+/m1/s1. The van der Waals surface area contributed by atoms with Crippen molar-refractivity contribution in [2.45, 2.75) is 82.8 Å². The topological polar surface area (TPSA) is 91.9 Å². The van der Waals surface area contributed by atoms with E-state index in [-0.39, 0.29) is 18.2 Å². The average Bonchev–Trinajstić information content (AvgIpc) is 2.89. The molecule has 8 nitrogen and oxygen atoms in total. The summed E-state index contributed by atoms with van der Waals surface area (Å²) in [6.07, 6.45) is 17.3. The summed E-state index contributed by atoms with van der Waals surface area (Å²) in [6.45, 7) is 3.20. The van der Waals surface area contributed by atoms with E-state index in [1.807, 2.05) is 11.9 Å². The van der Waals surface area contributed by atoms with Gasteiger partial charge in [-0.2, -0.15) is 0 Å². The van der Waals surface area contributed by atoms with Gasteiger partial charge < -0.3 is 30.3 Å². The molecule has 8 heteroatoms. The number of alkyl carbamates (subject to hydrolysis) is 1. The van der Waals surface area contributed by atoms with E-state index in [0.717, 1.165) is 57.7 Å². The Hall–Kier alpha value is -1.80. The van der Waals surface area contributed by atoms with E-state index in [9.17, 15) is 9.59 Å². The lowest BCUT2D eigenvalue weighted by molar-refractivity contribution is -0.0335. The molecular weight excluding hydrogens is 444 g/mol. The van der Waals surface area contributed by atoms with Crippen LogP contribution in [0.1, 0.15) is 70.6 Å². The molecule has 0 bridgehead atoms. The number of nitrogens with zero attached hydrogens (tertiary/aromatic N) is 1. The molecule has 1 aliphatic heterocycles. The van der Waals surface area contributed by atoms with E-state index >= 15 is 0 Å². The third-order valence-electron chi connectivity index (χ3n) is 7.91. The monoisotopic (exact) mass is 492 g/mol. The Kier molecular flexibility index (Phi) is 12.2. The van der Waals surface area contributed by atoms with E-state index in [1.54, 1.807) is 0 Å². The van der Waals surface area contributed by atoms with Crippen molar-refractivity contribution in [2.24, 2.45) is 17.8 Å². The Bertz CT molecular complexity index is 668. The maximum Gasteiger partial charge on any atom is 0.406 e. The van der Waals surface area contributed by atoms with Crippen molar-refractivity contribution in [1.82, 2.24) is 20.9 Å². The molecule has 0 aromatic heterocycles. The first-order valence-electron chi connectivity index (χ1n) is 13.9. The van der Waals surface area contributed by atoms with Crippen LogP contribution in [0.5, 0.6) is 0 Å². The number of hydrogen-bond acceptors (Lipinski definition) is 5. The highest BCUT2D eigenvalue weighted by atomic mass is 16.5. The second-order valence-corrected chi connectivity index (χ2v) is 10.6. The van der Waals surface area contributed by atoms with Crippen molar-refractivity contribution < 1.29 is 19.1 Å². The number of nitrogens with one attached hydrogen (secondary N) is 3. The van der Waals surface area contributed by atoms with Gasteiger partial charge in [-0.05, 0) is 51.5 Å². The fraction of sp³-hybridized carbons (Fsp3) is 0.852. The number of likely N-dealkylation sites (tertiary alicyclic amines) is 1. The second-order valence-electron chi connectivity index (χ2n) is 10.6. The quantitative estimate of drug-likeness (QED) is 0.299. The number of rotatable bonds is 11. The number of hydrogen-bond donors (Lipinski definition) is 3. The Labute approximate surface area is 211 Å². The molecule has 0 radical (unpaired) electrons. The van der Waals surface area contributed by atoms with Crippen LogP contribution in [-0.4, -0.2) is 76.1 Å². The van der Waals surface area contributed by atoms with Gasteiger partial charge in [0.15, 0.2) is 0 Å². The number of methoxy groups -OCH3 is 1. The van der Waals surface area contributed by atoms with Gasteiger partial charge >= 0.3 is 12.1 Å². The molecule has 0 aromatic rings. The van der Waals surface area contributed by atoms with Crippen molar-refractivity contribution in [1.29, 1.82) is 0 Å². The minimum Gasteiger partial charge on any atom is -0.453 e. The third-order valence-corrected chi connectivity index (χ3v) is 7.91. The molecule has 200 valence electrons. The summed E-state index contributed by atoms with van der Waals surface area (Å²) in [5.74, 6) is 1.38. The fourth-order valence-corrected chi connectivity index (χ4v) is 6.14. The number of piperidine rings is 1. The Morgan fingerprint density at radius 2 is 1.91 bits per heavy atom. The predicted octanol–water partition coefficient (Wildman–Crippen LogP) is 4.06. The van der Waals surface area contributed by atoms with Crippen LogP contribution in [0.3, 0.4) is 0 Å². The summed E-state index contributed by atoms with van der Waals surface area (Å²) in [5.41, 5.74) is 0. The van der Waals surface area contributed by atoms with Crippen LogP contribution in [0.15, 0.2) is 12.2 Å². The normalized spacial score (nSPS) is 25.0. The molecule has 1 unspecified atom stereocenters. The maximum atomic E-state index is 13.3. The SMILES string of the molecule is CNC[C@H](CC1CCCCC1)NC(=O)N1CCC[C@@H]([C@@H](OCCNC(=O)OC)C2C=CCCC2)C1. The lowest BCUT2D eigenvalue weighted by Gasteiger charge is -2.40. The number of ether oxygens (including phenoxy) is 2. The number of carbonyl (C=O) groups is 2. The number of likely N-dealkylation sites (N-methyl/N-ethyl adjacent to an activating group) is 1. The van der Waals surface area contributed by atoms with Crippen LogP contribution in [0.2, 0.25) is 0 Å². The van der Waals surface area contributed by atoms with Crippen LogP contribution in [0.25, 0.3) is 0 Å². The predicted molar refractivity (Wildman–Crippen MR) is 138 cm³/mol. The van der Waals surface area contributed by atoms with Gasteiger partial charge in [0.25, 0.3) is 0 Å². The summed E-state index contributed by atoms with van der Waals surface area (Å²) in [7, 11) is 3.33. The first-order valence-corrected chi connectivity index (χ1v) is 13.9. The van der Waals surface area contributed by atoms with E-state index in [4.69, 9.17) is 4.74 Å². The molecule has 1 heterocycles. The first-order chi connectivity index (χ1) is 17.1. The number of amides is 3. The van der Waals surface area contributed by atoms with E-state index < -0.39 is 6.09 Å². The Morgan fingerprint density at radius 3 is 2.63 bits per heavy atom. The van der Waals surface area contributed by atoms with Gasteiger partial charge in [-0.25, -0.2) is 9.59 Å². The molecule has 0 spiro atoms. The van der Waals surface area contributed by atoms with Crippen molar-refractivity contribution in [3.63, 3.8) is 0 Å². The molecule has 3 amide bonds. The second kappa shape index (κ2) is 15.3. The first kappa shape index (κ1) is 27.8. The Balaban J connectivity index is 1.56. The van der Waals surface area contributed by atoms with Gasteiger partial charge in [0.2, 0.25) is 0 Å². The van der Waals surface area contributed by atoms with Gasteiger partial charge in [0.05, 0.1) is 19.8 Å².